The summed E-state index contributed by atoms with van der Waals surface area (Å²) in [5.41, 5.74) is 7.42. The lowest BCUT2D eigenvalue weighted by atomic mass is 10.1. The molecule has 6 nitrogen and oxygen atoms in total. The van der Waals surface area contributed by atoms with Crippen LogP contribution in [-0.4, -0.2) is 26.5 Å². The summed E-state index contributed by atoms with van der Waals surface area (Å²) < 4.78 is 5.42. The molecule has 6 heteroatoms. The number of fused-ring (bicyclic) bond motifs is 1. The summed E-state index contributed by atoms with van der Waals surface area (Å²) in [6.45, 7) is 2.55. The topological polar surface area (TPSA) is 86.8 Å². The molecule has 0 unspecified atom stereocenters. The van der Waals surface area contributed by atoms with Crippen LogP contribution in [0, 0.1) is 0 Å². The molecule has 0 spiro atoms. The van der Waals surface area contributed by atoms with Gasteiger partial charge in [-0.2, -0.15) is 15.0 Å². The van der Waals surface area contributed by atoms with E-state index >= 15 is 0 Å². The third-order valence-corrected chi connectivity index (χ3v) is 2.92. The van der Waals surface area contributed by atoms with E-state index in [4.69, 9.17) is 10.5 Å². The van der Waals surface area contributed by atoms with Crippen LogP contribution in [-0.2, 0) is 0 Å². The van der Waals surface area contributed by atoms with E-state index in [1.165, 1.54) is 0 Å². The minimum atomic E-state index is 0.138. The third kappa shape index (κ3) is 2.89. The Kier molecular flexibility index (Phi) is 3.59. The normalized spacial score (nSPS) is 10.7. The Morgan fingerprint density at radius 1 is 1.14 bits per heavy atom. The van der Waals surface area contributed by atoms with Crippen LogP contribution in [0.2, 0.25) is 0 Å². The lowest BCUT2D eigenvalue weighted by molar-refractivity contribution is 0.292. The zero-order chi connectivity index (χ0) is 14.7. The summed E-state index contributed by atoms with van der Waals surface area (Å²) in [6, 6.07) is 10.1. The highest BCUT2D eigenvalue weighted by Gasteiger charge is 2.09. The van der Waals surface area contributed by atoms with Crippen LogP contribution >= 0.6 is 0 Å². The number of anilines is 1. The van der Waals surface area contributed by atoms with Crippen molar-refractivity contribution in [3.8, 4) is 17.4 Å². The average Bonchev–Trinajstić information content (AvgIpc) is 2.52. The molecule has 2 aromatic heterocycles. The van der Waals surface area contributed by atoms with Crippen LogP contribution in [0.3, 0.4) is 0 Å². The Morgan fingerprint density at radius 3 is 2.86 bits per heavy atom. The molecular weight excluding hydrogens is 266 g/mol. The Morgan fingerprint density at radius 2 is 2.00 bits per heavy atom. The first-order chi connectivity index (χ1) is 10.3. The number of hydrogen-bond donors (Lipinski definition) is 1. The first-order valence-corrected chi connectivity index (χ1v) is 6.76. The molecule has 0 fully saturated rings. The van der Waals surface area contributed by atoms with Crippen molar-refractivity contribution in [3.05, 3.63) is 36.5 Å². The first kappa shape index (κ1) is 13.2. The average molecular weight is 281 g/mol. The summed E-state index contributed by atoms with van der Waals surface area (Å²) in [4.78, 5) is 16.8. The van der Waals surface area contributed by atoms with Gasteiger partial charge in [-0.15, -0.1) is 0 Å². The highest BCUT2D eigenvalue weighted by molar-refractivity contribution is 5.82. The Bertz CT molecular complexity index is 775. The molecule has 0 aliphatic rings. The highest BCUT2D eigenvalue weighted by atomic mass is 16.5. The van der Waals surface area contributed by atoms with Gasteiger partial charge < -0.3 is 10.5 Å². The number of nitrogens with two attached hydrogens (primary N) is 1. The number of ether oxygens (including phenoxy) is 1. The van der Waals surface area contributed by atoms with E-state index in [1.807, 2.05) is 37.3 Å². The molecule has 0 radical (unpaired) electrons. The molecule has 1 aromatic carbocycles. The number of nitrogen functional groups attached to an aromatic ring is 1. The maximum absolute atomic E-state index is 5.72. The minimum absolute atomic E-state index is 0.138. The van der Waals surface area contributed by atoms with Crippen LogP contribution in [0.25, 0.3) is 22.3 Å². The van der Waals surface area contributed by atoms with Crippen molar-refractivity contribution in [2.24, 2.45) is 0 Å². The monoisotopic (exact) mass is 281 g/mol. The van der Waals surface area contributed by atoms with Crippen LogP contribution < -0.4 is 10.5 Å². The fraction of sp³-hybridized carbons (Fsp3) is 0.200. The first-order valence-electron chi connectivity index (χ1n) is 6.76. The van der Waals surface area contributed by atoms with Gasteiger partial charge in [-0.05, 0) is 18.6 Å². The quantitative estimate of drug-likeness (QED) is 0.790. The maximum atomic E-state index is 5.72. The number of rotatable bonds is 4. The Labute approximate surface area is 122 Å². The molecule has 0 saturated carbocycles. The van der Waals surface area contributed by atoms with Crippen molar-refractivity contribution in [1.29, 1.82) is 0 Å². The van der Waals surface area contributed by atoms with Crippen molar-refractivity contribution in [3.63, 3.8) is 0 Å². The number of hydrogen-bond acceptors (Lipinski definition) is 6. The molecule has 2 heterocycles. The van der Waals surface area contributed by atoms with Crippen LogP contribution in [0.5, 0.6) is 6.01 Å². The number of pyridine rings is 1. The van der Waals surface area contributed by atoms with Gasteiger partial charge in [0.1, 0.15) is 0 Å². The third-order valence-electron chi connectivity index (χ3n) is 2.92. The number of aromatic nitrogens is 4. The molecule has 0 aliphatic heterocycles. The second-order valence-electron chi connectivity index (χ2n) is 4.56. The fourth-order valence-corrected chi connectivity index (χ4v) is 1.95. The molecule has 0 amide bonds. The lowest BCUT2D eigenvalue weighted by Gasteiger charge is -2.06. The van der Waals surface area contributed by atoms with Crippen molar-refractivity contribution >= 4 is 16.9 Å². The van der Waals surface area contributed by atoms with Gasteiger partial charge in [-0.1, -0.05) is 25.1 Å². The van der Waals surface area contributed by atoms with E-state index in [2.05, 4.69) is 19.9 Å². The fourth-order valence-electron chi connectivity index (χ4n) is 1.95. The second-order valence-corrected chi connectivity index (χ2v) is 4.56. The van der Waals surface area contributed by atoms with Gasteiger partial charge in [-0.3, -0.25) is 4.98 Å². The molecule has 2 N–H and O–H groups in total. The largest absolute Gasteiger partial charge is 0.463 e. The van der Waals surface area contributed by atoms with Crippen LogP contribution in [0.1, 0.15) is 13.3 Å². The molecule has 0 saturated heterocycles. The standard InChI is InChI=1S/C15H15N5O/c1-2-7-21-15-19-13(18-14(16)20-15)11-8-10-5-3-4-6-12(10)17-9-11/h3-6,8-9H,2,7H2,1H3,(H2,16,18,19,20). The number of benzene rings is 1. The molecule has 106 valence electrons. The van der Waals surface area contributed by atoms with Crippen LogP contribution in [0.15, 0.2) is 36.5 Å². The summed E-state index contributed by atoms with van der Waals surface area (Å²) in [6.07, 6.45) is 2.60. The van der Waals surface area contributed by atoms with E-state index in [1.54, 1.807) is 6.20 Å². The SMILES string of the molecule is CCCOc1nc(N)nc(-c2cnc3ccccc3c2)n1. The number of nitrogens with zero attached hydrogens (tertiary/aromatic N) is 4. The molecule has 3 rings (SSSR count). The zero-order valence-electron chi connectivity index (χ0n) is 11.7. The van der Waals surface area contributed by atoms with Crippen molar-refractivity contribution in [2.45, 2.75) is 13.3 Å². The Balaban J connectivity index is 2.02. The van der Waals surface area contributed by atoms with E-state index in [0.29, 0.717) is 12.4 Å². The van der Waals surface area contributed by atoms with E-state index in [0.717, 1.165) is 22.9 Å². The van der Waals surface area contributed by atoms with Gasteiger partial charge in [0.2, 0.25) is 5.95 Å². The molecule has 21 heavy (non-hydrogen) atoms. The van der Waals surface area contributed by atoms with Crippen molar-refractivity contribution in [2.75, 3.05) is 12.3 Å². The molecular formula is C15H15N5O. The van der Waals surface area contributed by atoms with Gasteiger partial charge in [0.05, 0.1) is 12.1 Å². The van der Waals surface area contributed by atoms with Crippen molar-refractivity contribution in [1.82, 2.24) is 19.9 Å². The van der Waals surface area contributed by atoms with Gasteiger partial charge >= 0.3 is 6.01 Å². The molecule has 0 aliphatic carbocycles. The van der Waals surface area contributed by atoms with Gasteiger partial charge in [-0.25, -0.2) is 0 Å². The predicted octanol–water partition coefficient (Wildman–Crippen LogP) is 2.46. The summed E-state index contributed by atoms with van der Waals surface area (Å²) in [5.74, 6) is 0.603. The highest BCUT2D eigenvalue weighted by Crippen LogP contribution is 2.21. The van der Waals surface area contributed by atoms with E-state index < -0.39 is 0 Å². The minimum Gasteiger partial charge on any atom is -0.463 e. The van der Waals surface area contributed by atoms with E-state index in [-0.39, 0.29) is 12.0 Å². The molecule has 0 bridgehead atoms. The Hall–Kier alpha value is -2.76. The van der Waals surface area contributed by atoms with Crippen molar-refractivity contribution < 1.29 is 4.74 Å². The molecule has 3 aromatic rings. The van der Waals surface area contributed by atoms with Crippen LogP contribution in [0.4, 0.5) is 5.95 Å². The summed E-state index contributed by atoms with van der Waals surface area (Å²) in [5, 5.41) is 1.02. The molecule has 0 atom stereocenters. The number of para-hydroxylation sites is 1. The predicted molar refractivity (Wildman–Crippen MR) is 80.8 cm³/mol. The van der Waals surface area contributed by atoms with Gasteiger partial charge in [0.15, 0.2) is 5.82 Å². The zero-order valence-corrected chi connectivity index (χ0v) is 11.7. The van der Waals surface area contributed by atoms with E-state index in [9.17, 15) is 0 Å². The summed E-state index contributed by atoms with van der Waals surface area (Å²) in [7, 11) is 0. The second kappa shape index (κ2) is 5.70. The van der Waals surface area contributed by atoms with Gasteiger partial charge in [0, 0.05) is 17.1 Å². The lowest BCUT2D eigenvalue weighted by Crippen LogP contribution is -2.05. The smallest absolute Gasteiger partial charge is 0.321 e. The maximum Gasteiger partial charge on any atom is 0.321 e. The van der Waals surface area contributed by atoms with Gasteiger partial charge in [0.25, 0.3) is 0 Å². The summed E-state index contributed by atoms with van der Waals surface area (Å²) >= 11 is 0.